The molecule has 0 aliphatic carbocycles. The summed E-state index contributed by atoms with van der Waals surface area (Å²) < 4.78 is 5.41. The fraction of sp³-hybridized carbons (Fsp3) is 0.385. The summed E-state index contributed by atoms with van der Waals surface area (Å²) in [6.45, 7) is 5.45. The number of hydrogen-bond acceptors (Lipinski definition) is 5. The zero-order valence-electron chi connectivity index (χ0n) is 10.9. The predicted molar refractivity (Wildman–Crippen MR) is 70.3 cm³/mol. The molecule has 18 heavy (non-hydrogen) atoms. The van der Waals surface area contributed by atoms with Gasteiger partial charge >= 0.3 is 6.01 Å². The molecule has 2 aromatic rings. The van der Waals surface area contributed by atoms with E-state index in [0.29, 0.717) is 25.0 Å². The third-order valence-corrected chi connectivity index (χ3v) is 2.52. The fourth-order valence-corrected chi connectivity index (χ4v) is 1.90. The zero-order valence-corrected chi connectivity index (χ0v) is 10.9. The van der Waals surface area contributed by atoms with Crippen LogP contribution >= 0.6 is 0 Å². The van der Waals surface area contributed by atoms with Crippen LogP contribution in [-0.4, -0.2) is 17.2 Å². The highest BCUT2D eigenvalue weighted by Gasteiger charge is 2.04. The molecule has 5 nitrogen and oxygen atoms in total. The average Bonchev–Trinajstić information content (AvgIpc) is 2.74. The van der Waals surface area contributed by atoms with Crippen LogP contribution in [0.15, 0.2) is 22.6 Å². The van der Waals surface area contributed by atoms with Crippen molar-refractivity contribution in [3.05, 3.63) is 40.8 Å². The van der Waals surface area contributed by atoms with Crippen LogP contribution in [0.4, 0.5) is 6.01 Å². The third kappa shape index (κ3) is 3.30. The Morgan fingerprint density at radius 2 is 1.78 bits per heavy atom. The lowest BCUT2D eigenvalue weighted by Crippen LogP contribution is -2.04. The molecule has 0 saturated heterocycles. The van der Waals surface area contributed by atoms with E-state index in [9.17, 15) is 0 Å². The summed E-state index contributed by atoms with van der Waals surface area (Å²) in [4.78, 5) is 0. The monoisotopic (exact) mass is 246 g/mol. The molecule has 0 amide bonds. The van der Waals surface area contributed by atoms with Crippen molar-refractivity contribution in [2.24, 2.45) is 0 Å². The number of aryl methyl sites for hydroxylation is 2. The molecule has 2 N–H and O–H groups in total. The molecule has 1 aromatic heterocycles. The van der Waals surface area contributed by atoms with Crippen LogP contribution in [0.3, 0.4) is 0 Å². The molecule has 5 heteroatoms. The Balaban J connectivity index is 1.97. The van der Waals surface area contributed by atoms with E-state index in [-0.39, 0.29) is 0 Å². The molecule has 2 rings (SSSR count). The average molecular weight is 246 g/mol. The Hall–Kier alpha value is -1.88. The van der Waals surface area contributed by atoms with Crippen LogP contribution in [-0.2, 0) is 13.1 Å². The van der Waals surface area contributed by atoms with E-state index in [4.69, 9.17) is 4.42 Å². The standard InChI is InChI=1S/C13H18N4O/c1-9-4-10(2)6-11(5-9)7-15-13-17-16-12(18-13)8-14-3/h4-6,14H,7-8H2,1-3H3,(H,15,17). The smallest absolute Gasteiger partial charge is 0.315 e. The lowest BCUT2D eigenvalue weighted by molar-refractivity contribution is 0.489. The molecule has 0 aliphatic heterocycles. The molecule has 96 valence electrons. The van der Waals surface area contributed by atoms with Crippen LogP contribution in [0.1, 0.15) is 22.6 Å². The van der Waals surface area contributed by atoms with Crippen molar-refractivity contribution < 1.29 is 4.42 Å². The normalized spacial score (nSPS) is 10.6. The number of nitrogens with one attached hydrogen (secondary N) is 2. The van der Waals surface area contributed by atoms with Crippen molar-refractivity contribution in [3.8, 4) is 0 Å². The summed E-state index contributed by atoms with van der Waals surface area (Å²) in [6, 6.07) is 6.90. The second-order valence-corrected chi connectivity index (χ2v) is 4.38. The highest BCUT2D eigenvalue weighted by molar-refractivity contribution is 5.31. The lowest BCUT2D eigenvalue weighted by atomic mass is 10.1. The van der Waals surface area contributed by atoms with Gasteiger partial charge in [-0.05, 0) is 26.5 Å². The van der Waals surface area contributed by atoms with E-state index in [0.717, 1.165) is 0 Å². The molecule has 0 radical (unpaired) electrons. The summed E-state index contributed by atoms with van der Waals surface area (Å²) >= 11 is 0. The van der Waals surface area contributed by atoms with E-state index in [1.54, 1.807) is 0 Å². The number of anilines is 1. The van der Waals surface area contributed by atoms with E-state index < -0.39 is 0 Å². The van der Waals surface area contributed by atoms with Crippen molar-refractivity contribution in [3.63, 3.8) is 0 Å². The molecule has 0 atom stereocenters. The summed E-state index contributed by atoms with van der Waals surface area (Å²) in [7, 11) is 1.84. The quantitative estimate of drug-likeness (QED) is 0.845. The third-order valence-electron chi connectivity index (χ3n) is 2.52. The van der Waals surface area contributed by atoms with E-state index in [1.807, 2.05) is 7.05 Å². The summed E-state index contributed by atoms with van der Waals surface area (Å²) in [5.74, 6) is 0.584. The van der Waals surface area contributed by atoms with Gasteiger partial charge in [0.25, 0.3) is 0 Å². The zero-order chi connectivity index (χ0) is 13.0. The lowest BCUT2D eigenvalue weighted by Gasteiger charge is -2.04. The summed E-state index contributed by atoms with van der Waals surface area (Å²) in [5, 5.41) is 13.9. The Kier molecular flexibility index (Phi) is 3.94. The van der Waals surface area contributed by atoms with Gasteiger partial charge < -0.3 is 15.1 Å². The van der Waals surface area contributed by atoms with Gasteiger partial charge in [-0.3, -0.25) is 0 Å². The number of benzene rings is 1. The molecule has 0 bridgehead atoms. The van der Waals surface area contributed by atoms with Gasteiger partial charge in [-0.25, -0.2) is 0 Å². The second-order valence-electron chi connectivity index (χ2n) is 4.38. The minimum Gasteiger partial charge on any atom is -0.407 e. The fourth-order valence-electron chi connectivity index (χ4n) is 1.90. The largest absolute Gasteiger partial charge is 0.407 e. The van der Waals surface area contributed by atoms with Gasteiger partial charge in [0.05, 0.1) is 6.54 Å². The van der Waals surface area contributed by atoms with Crippen molar-refractivity contribution >= 4 is 6.01 Å². The first-order valence-electron chi connectivity index (χ1n) is 5.95. The Labute approximate surface area is 107 Å². The van der Waals surface area contributed by atoms with Gasteiger partial charge in [0, 0.05) is 6.54 Å². The molecular weight excluding hydrogens is 228 g/mol. The molecule has 0 unspecified atom stereocenters. The minimum absolute atomic E-state index is 0.458. The second kappa shape index (κ2) is 5.64. The predicted octanol–water partition coefficient (Wildman–Crippen LogP) is 2.02. The highest BCUT2D eigenvalue weighted by Crippen LogP contribution is 2.11. The molecule has 0 fully saturated rings. The molecular formula is C13H18N4O. The topological polar surface area (TPSA) is 63.0 Å². The molecule has 0 spiro atoms. The van der Waals surface area contributed by atoms with Crippen molar-refractivity contribution in [2.45, 2.75) is 26.9 Å². The Morgan fingerprint density at radius 3 is 2.44 bits per heavy atom. The number of aromatic nitrogens is 2. The van der Waals surface area contributed by atoms with Gasteiger partial charge in [0.15, 0.2) is 0 Å². The van der Waals surface area contributed by atoms with Crippen LogP contribution in [0.25, 0.3) is 0 Å². The maximum atomic E-state index is 5.41. The Morgan fingerprint density at radius 1 is 1.06 bits per heavy atom. The van der Waals surface area contributed by atoms with Gasteiger partial charge in [-0.1, -0.05) is 34.4 Å². The molecule has 0 saturated carbocycles. The maximum Gasteiger partial charge on any atom is 0.315 e. The van der Waals surface area contributed by atoms with Crippen LogP contribution in [0, 0.1) is 13.8 Å². The number of nitrogens with zero attached hydrogens (tertiary/aromatic N) is 2. The van der Waals surface area contributed by atoms with Crippen LogP contribution < -0.4 is 10.6 Å². The van der Waals surface area contributed by atoms with E-state index >= 15 is 0 Å². The van der Waals surface area contributed by atoms with Gasteiger partial charge in [-0.2, -0.15) is 0 Å². The van der Waals surface area contributed by atoms with Crippen LogP contribution in [0.2, 0.25) is 0 Å². The first kappa shape index (κ1) is 12.6. The summed E-state index contributed by atoms with van der Waals surface area (Å²) in [6.07, 6.45) is 0. The van der Waals surface area contributed by atoms with Crippen molar-refractivity contribution in [1.82, 2.24) is 15.5 Å². The molecule has 1 aromatic carbocycles. The summed E-state index contributed by atoms with van der Waals surface area (Å²) in [5.41, 5.74) is 3.72. The van der Waals surface area contributed by atoms with Crippen molar-refractivity contribution in [1.29, 1.82) is 0 Å². The molecule has 1 heterocycles. The first-order chi connectivity index (χ1) is 8.67. The van der Waals surface area contributed by atoms with Gasteiger partial charge in [0.1, 0.15) is 0 Å². The first-order valence-corrected chi connectivity index (χ1v) is 5.95. The number of rotatable bonds is 5. The van der Waals surface area contributed by atoms with Gasteiger partial charge in [-0.15, -0.1) is 5.10 Å². The minimum atomic E-state index is 0.458. The highest BCUT2D eigenvalue weighted by atomic mass is 16.4. The van der Waals surface area contributed by atoms with Crippen molar-refractivity contribution in [2.75, 3.05) is 12.4 Å². The van der Waals surface area contributed by atoms with E-state index in [2.05, 4.69) is 52.9 Å². The SMILES string of the molecule is CNCc1nnc(NCc2cc(C)cc(C)c2)o1. The maximum absolute atomic E-state index is 5.41. The molecule has 0 aliphatic rings. The van der Waals surface area contributed by atoms with E-state index in [1.165, 1.54) is 16.7 Å². The number of hydrogen-bond donors (Lipinski definition) is 2. The van der Waals surface area contributed by atoms with Crippen LogP contribution in [0.5, 0.6) is 0 Å². The van der Waals surface area contributed by atoms with Gasteiger partial charge in [0.2, 0.25) is 5.89 Å². The Bertz CT molecular complexity index is 501.